The molecule has 0 spiro atoms. The van der Waals surface area contributed by atoms with Crippen LogP contribution < -0.4 is 4.90 Å². The Balaban J connectivity index is 1.69. The van der Waals surface area contributed by atoms with E-state index in [1.54, 1.807) is 24.8 Å². The first-order valence-electron chi connectivity index (χ1n) is 9.53. The molecular weight excluding hydrogens is 390 g/mol. The molecule has 0 radical (unpaired) electrons. The smallest absolute Gasteiger partial charge is 0.269 e. The van der Waals surface area contributed by atoms with Crippen LogP contribution in [0.15, 0.2) is 47.4 Å². The van der Waals surface area contributed by atoms with Crippen LogP contribution in [0.2, 0.25) is 0 Å². The van der Waals surface area contributed by atoms with Crippen LogP contribution in [0, 0.1) is 0 Å². The van der Waals surface area contributed by atoms with Crippen molar-refractivity contribution in [2.75, 3.05) is 25.0 Å². The van der Waals surface area contributed by atoms with E-state index >= 15 is 0 Å². The average molecular weight is 413 g/mol. The molecule has 2 aromatic rings. The molecule has 0 aromatic heterocycles. The van der Waals surface area contributed by atoms with Gasteiger partial charge in [-0.3, -0.25) is 9.59 Å². The van der Waals surface area contributed by atoms with E-state index in [-0.39, 0.29) is 21.9 Å². The molecule has 2 aliphatic heterocycles. The van der Waals surface area contributed by atoms with Crippen molar-refractivity contribution in [1.29, 1.82) is 0 Å². The third kappa shape index (κ3) is 3.07. The summed E-state index contributed by atoms with van der Waals surface area (Å²) in [5.74, 6) is -0.789. The molecule has 0 atom stereocenters. The van der Waals surface area contributed by atoms with Crippen LogP contribution in [0.1, 0.15) is 40.1 Å². The van der Waals surface area contributed by atoms with Crippen LogP contribution in [0.4, 0.5) is 5.69 Å². The summed E-state index contributed by atoms with van der Waals surface area (Å²) in [6, 6.07) is 11.8. The lowest BCUT2D eigenvalue weighted by atomic mass is 10.1. The van der Waals surface area contributed by atoms with Crippen molar-refractivity contribution in [1.82, 2.24) is 9.21 Å². The molecule has 2 aliphatic rings. The Kier molecular flexibility index (Phi) is 4.61. The van der Waals surface area contributed by atoms with Gasteiger partial charge in [-0.1, -0.05) is 18.2 Å². The van der Waals surface area contributed by atoms with E-state index in [1.165, 1.54) is 12.1 Å². The number of nitrogens with zero attached hydrogens (tertiary/aromatic N) is 3. The second-order valence-corrected chi connectivity index (χ2v) is 9.47. The number of amides is 2. The first-order valence-corrected chi connectivity index (χ1v) is 11.0. The number of hydrogen-bond donors (Lipinski definition) is 0. The molecule has 2 amide bonds. The van der Waals surface area contributed by atoms with Crippen LogP contribution >= 0.6 is 0 Å². The standard InChI is InChI=1S/C21H23N3O4S/c1-14(2)24-21(26)17-9-8-15(12-19(17)29(24,27)28)20(25)23-11-10-22(3)18-7-5-4-6-16(18)13-23/h4-9,12,14H,10-11,13H2,1-3H3. The summed E-state index contributed by atoms with van der Waals surface area (Å²) in [5, 5.41) is 0. The van der Waals surface area contributed by atoms with Gasteiger partial charge in [-0.2, -0.15) is 0 Å². The number of carbonyl (C=O) groups excluding carboxylic acids is 2. The normalized spacial score (nSPS) is 17.9. The second-order valence-electron chi connectivity index (χ2n) is 7.69. The first kappa shape index (κ1) is 19.4. The zero-order valence-corrected chi connectivity index (χ0v) is 17.4. The molecule has 152 valence electrons. The summed E-state index contributed by atoms with van der Waals surface area (Å²) < 4.78 is 26.5. The van der Waals surface area contributed by atoms with Crippen LogP contribution in [-0.4, -0.2) is 55.6 Å². The second kappa shape index (κ2) is 6.88. The van der Waals surface area contributed by atoms with Gasteiger partial charge in [0.15, 0.2) is 0 Å². The Morgan fingerprint density at radius 2 is 1.79 bits per heavy atom. The SMILES string of the molecule is CC(C)N1C(=O)c2ccc(C(=O)N3CCN(C)c4ccccc4C3)cc2S1(=O)=O. The lowest BCUT2D eigenvalue weighted by molar-refractivity contribution is 0.0750. The lowest BCUT2D eigenvalue weighted by Gasteiger charge is -2.21. The minimum Gasteiger partial charge on any atom is -0.373 e. The van der Waals surface area contributed by atoms with Crippen molar-refractivity contribution in [2.45, 2.75) is 31.3 Å². The predicted octanol–water partition coefficient (Wildman–Crippen LogP) is 2.33. The minimum absolute atomic E-state index is 0.0885. The molecule has 2 heterocycles. The fraction of sp³-hybridized carbons (Fsp3) is 0.333. The van der Waals surface area contributed by atoms with Gasteiger partial charge in [-0.05, 0) is 43.7 Å². The molecule has 0 N–H and O–H groups in total. The van der Waals surface area contributed by atoms with Gasteiger partial charge in [0.25, 0.3) is 21.8 Å². The highest BCUT2D eigenvalue weighted by Gasteiger charge is 2.43. The van der Waals surface area contributed by atoms with E-state index in [1.807, 2.05) is 31.3 Å². The molecule has 0 aliphatic carbocycles. The number of fused-ring (bicyclic) bond motifs is 2. The van der Waals surface area contributed by atoms with E-state index < -0.39 is 22.0 Å². The summed E-state index contributed by atoms with van der Waals surface area (Å²) in [6.07, 6.45) is 0. The van der Waals surface area contributed by atoms with E-state index in [2.05, 4.69) is 4.90 Å². The molecule has 2 aromatic carbocycles. The van der Waals surface area contributed by atoms with E-state index in [4.69, 9.17) is 0 Å². The third-order valence-corrected chi connectivity index (χ3v) is 7.42. The average Bonchev–Trinajstić information content (AvgIpc) is 2.79. The molecule has 7 nitrogen and oxygen atoms in total. The predicted molar refractivity (Wildman–Crippen MR) is 109 cm³/mol. The monoisotopic (exact) mass is 413 g/mol. The minimum atomic E-state index is -3.94. The highest BCUT2D eigenvalue weighted by atomic mass is 32.2. The summed E-state index contributed by atoms with van der Waals surface area (Å²) in [5.41, 5.74) is 2.51. The van der Waals surface area contributed by atoms with Gasteiger partial charge in [-0.15, -0.1) is 0 Å². The summed E-state index contributed by atoms with van der Waals surface area (Å²) >= 11 is 0. The Labute approximate surface area is 170 Å². The molecule has 4 rings (SSSR count). The van der Waals surface area contributed by atoms with E-state index in [9.17, 15) is 18.0 Å². The van der Waals surface area contributed by atoms with Crippen molar-refractivity contribution < 1.29 is 18.0 Å². The quantitative estimate of drug-likeness (QED) is 0.755. The first-order chi connectivity index (χ1) is 13.7. The zero-order valence-electron chi connectivity index (χ0n) is 16.6. The molecular formula is C21H23N3O4S. The topological polar surface area (TPSA) is 78.0 Å². The van der Waals surface area contributed by atoms with Gasteiger partial charge in [0, 0.05) is 44.0 Å². The molecule has 0 bridgehead atoms. The number of likely N-dealkylation sites (N-methyl/N-ethyl adjacent to an activating group) is 1. The summed E-state index contributed by atoms with van der Waals surface area (Å²) in [6.45, 7) is 4.94. The van der Waals surface area contributed by atoms with Gasteiger partial charge in [-0.25, -0.2) is 12.7 Å². The number of rotatable bonds is 2. The molecule has 8 heteroatoms. The Bertz CT molecular complexity index is 1110. The number of sulfonamides is 1. The van der Waals surface area contributed by atoms with Crippen LogP contribution in [0.3, 0.4) is 0 Å². The summed E-state index contributed by atoms with van der Waals surface area (Å²) in [4.78, 5) is 29.4. The number of benzene rings is 2. The Morgan fingerprint density at radius 3 is 2.52 bits per heavy atom. The van der Waals surface area contributed by atoms with Crippen molar-refractivity contribution in [3.8, 4) is 0 Å². The largest absolute Gasteiger partial charge is 0.373 e. The number of para-hydroxylation sites is 1. The van der Waals surface area contributed by atoms with E-state index in [0.29, 0.717) is 19.6 Å². The number of carbonyl (C=O) groups is 2. The van der Waals surface area contributed by atoms with Crippen molar-refractivity contribution in [2.24, 2.45) is 0 Å². The van der Waals surface area contributed by atoms with Crippen LogP contribution in [0.5, 0.6) is 0 Å². The van der Waals surface area contributed by atoms with Crippen LogP contribution in [0.25, 0.3) is 0 Å². The van der Waals surface area contributed by atoms with Gasteiger partial charge >= 0.3 is 0 Å². The van der Waals surface area contributed by atoms with Gasteiger partial charge in [0.1, 0.15) is 4.90 Å². The molecule has 0 unspecified atom stereocenters. The van der Waals surface area contributed by atoms with Crippen molar-refractivity contribution in [3.05, 3.63) is 59.2 Å². The fourth-order valence-corrected chi connectivity index (χ4v) is 5.73. The molecule has 29 heavy (non-hydrogen) atoms. The van der Waals surface area contributed by atoms with Gasteiger partial charge < -0.3 is 9.80 Å². The maximum atomic E-state index is 13.2. The molecule has 0 fully saturated rings. The Morgan fingerprint density at radius 1 is 1.07 bits per heavy atom. The summed E-state index contributed by atoms with van der Waals surface area (Å²) in [7, 11) is -1.95. The number of hydrogen-bond acceptors (Lipinski definition) is 5. The maximum Gasteiger partial charge on any atom is 0.269 e. The highest BCUT2D eigenvalue weighted by molar-refractivity contribution is 7.90. The fourth-order valence-electron chi connectivity index (χ4n) is 3.94. The zero-order chi connectivity index (χ0) is 20.9. The maximum absolute atomic E-state index is 13.2. The third-order valence-electron chi connectivity index (χ3n) is 5.42. The Hall–Kier alpha value is -2.87. The van der Waals surface area contributed by atoms with Gasteiger partial charge in [0.2, 0.25) is 0 Å². The number of anilines is 1. The highest BCUT2D eigenvalue weighted by Crippen LogP contribution is 2.33. The van der Waals surface area contributed by atoms with Gasteiger partial charge in [0.05, 0.1) is 5.56 Å². The van der Waals surface area contributed by atoms with E-state index in [0.717, 1.165) is 15.6 Å². The van der Waals surface area contributed by atoms with Crippen molar-refractivity contribution in [3.63, 3.8) is 0 Å². The lowest BCUT2D eigenvalue weighted by Crippen LogP contribution is -2.36. The van der Waals surface area contributed by atoms with Crippen LogP contribution in [-0.2, 0) is 16.6 Å². The molecule has 0 saturated heterocycles. The van der Waals surface area contributed by atoms with Crippen molar-refractivity contribution >= 4 is 27.5 Å². The molecule has 0 saturated carbocycles.